The minimum atomic E-state index is -3.73. The molecule has 1 unspecified atom stereocenters. The van der Waals surface area contributed by atoms with E-state index in [9.17, 15) is 18.0 Å². The highest BCUT2D eigenvalue weighted by Crippen LogP contribution is 2.33. The second-order valence-corrected chi connectivity index (χ2v) is 7.57. The van der Waals surface area contributed by atoms with Gasteiger partial charge in [-0.05, 0) is 25.7 Å². The first-order valence-electron chi connectivity index (χ1n) is 6.71. The summed E-state index contributed by atoms with van der Waals surface area (Å²) in [7, 11) is -0.986. The summed E-state index contributed by atoms with van der Waals surface area (Å²) in [6, 6.07) is 0.137. The molecule has 0 spiro atoms. The number of furan rings is 1. The molecule has 1 aliphatic rings. The summed E-state index contributed by atoms with van der Waals surface area (Å²) in [5.41, 5.74) is 0. The molecule has 1 aromatic heterocycles. The average molecular weight is 330 g/mol. The predicted octanol–water partition coefficient (Wildman–Crippen LogP) is 0.431. The van der Waals surface area contributed by atoms with Gasteiger partial charge in [-0.25, -0.2) is 17.5 Å². The van der Waals surface area contributed by atoms with Gasteiger partial charge in [-0.3, -0.25) is 4.79 Å². The lowest BCUT2D eigenvalue weighted by Gasteiger charge is -2.12. The van der Waals surface area contributed by atoms with Crippen LogP contribution in [0.4, 0.5) is 0 Å². The highest BCUT2D eigenvalue weighted by atomic mass is 32.2. The van der Waals surface area contributed by atoms with Crippen LogP contribution < -0.4 is 5.32 Å². The number of hydrogen-bond acceptors (Lipinski definition) is 5. The molecule has 1 fully saturated rings. The number of sulfonamides is 1. The molecule has 0 radical (unpaired) electrons. The van der Waals surface area contributed by atoms with E-state index in [1.807, 2.05) is 0 Å². The minimum absolute atomic E-state index is 0.0807. The normalized spacial score (nSPS) is 16.5. The molecule has 122 valence electrons. The van der Waals surface area contributed by atoms with Crippen LogP contribution in [0.15, 0.2) is 15.4 Å². The number of aryl methyl sites for hydroxylation is 1. The van der Waals surface area contributed by atoms with E-state index in [2.05, 4.69) is 5.32 Å². The number of nitrogens with zero attached hydrogens (tertiary/aromatic N) is 1. The number of rotatable bonds is 6. The van der Waals surface area contributed by atoms with E-state index in [1.54, 1.807) is 0 Å². The van der Waals surface area contributed by atoms with Crippen LogP contribution >= 0.6 is 0 Å². The van der Waals surface area contributed by atoms with Gasteiger partial charge in [0, 0.05) is 20.2 Å². The molecule has 1 atom stereocenters. The van der Waals surface area contributed by atoms with Crippen LogP contribution in [0.5, 0.6) is 0 Å². The van der Waals surface area contributed by atoms with Crippen LogP contribution in [0.2, 0.25) is 0 Å². The van der Waals surface area contributed by atoms with Crippen LogP contribution in [0.25, 0.3) is 0 Å². The quantitative estimate of drug-likeness (QED) is 0.781. The van der Waals surface area contributed by atoms with Crippen molar-refractivity contribution in [3.8, 4) is 0 Å². The molecule has 0 aliphatic heterocycles. The van der Waals surface area contributed by atoms with Crippen molar-refractivity contribution in [2.45, 2.75) is 30.7 Å². The molecule has 22 heavy (non-hydrogen) atoms. The van der Waals surface area contributed by atoms with E-state index >= 15 is 0 Å². The molecule has 1 aromatic rings. The average Bonchev–Trinajstić information content (AvgIpc) is 3.16. The standard InChI is InChI=1S/C13H18N2O6S/c1-7-10(22(19,20)15(2)3)6-9(21-7)12(16)14-11(13(17)18)8-4-5-8/h6,8,11H,4-5H2,1-3H3,(H,14,16)(H,17,18). The summed E-state index contributed by atoms with van der Waals surface area (Å²) in [6.45, 7) is 1.43. The van der Waals surface area contributed by atoms with E-state index in [0.29, 0.717) is 0 Å². The van der Waals surface area contributed by atoms with E-state index in [-0.39, 0.29) is 22.3 Å². The summed E-state index contributed by atoms with van der Waals surface area (Å²) in [5, 5.41) is 11.5. The van der Waals surface area contributed by atoms with Gasteiger partial charge in [-0.1, -0.05) is 0 Å². The van der Waals surface area contributed by atoms with Crippen molar-refractivity contribution in [2.24, 2.45) is 5.92 Å². The number of aliphatic carboxylic acids is 1. The molecule has 0 aromatic carbocycles. The Morgan fingerprint density at radius 2 is 2.00 bits per heavy atom. The molecule has 0 bridgehead atoms. The number of amides is 1. The smallest absolute Gasteiger partial charge is 0.326 e. The molecular weight excluding hydrogens is 312 g/mol. The number of nitrogens with one attached hydrogen (secondary N) is 1. The van der Waals surface area contributed by atoms with Gasteiger partial charge in [0.05, 0.1) is 0 Å². The minimum Gasteiger partial charge on any atom is -0.480 e. The fraction of sp³-hybridized carbons (Fsp3) is 0.538. The molecular formula is C13H18N2O6S. The van der Waals surface area contributed by atoms with Crippen molar-refractivity contribution in [1.82, 2.24) is 9.62 Å². The first-order valence-corrected chi connectivity index (χ1v) is 8.15. The maximum Gasteiger partial charge on any atom is 0.326 e. The van der Waals surface area contributed by atoms with Gasteiger partial charge in [-0.2, -0.15) is 0 Å². The monoisotopic (exact) mass is 330 g/mol. The summed E-state index contributed by atoms with van der Waals surface area (Å²) in [4.78, 5) is 23.1. The van der Waals surface area contributed by atoms with Gasteiger partial charge in [-0.15, -0.1) is 0 Å². The van der Waals surface area contributed by atoms with Crippen molar-refractivity contribution >= 4 is 21.9 Å². The summed E-state index contributed by atoms with van der Waals surface area (Å²) in [5.74, 6) is -2.06. The zero-order chi connectivity index (χ0) is 16.7. The van der Waals surface area contributed by atoms with Crippen LogP contribution in [0.3, 0.4) is 0 Å². The van der Waals surface area contributed by atoms with E-state index in [4.69, 9.17) is 9.52 Å². The van der Waals surface area contributed by atoms with Gasteiger partial charge in [0.2, 0.25) is 10.0 Å². The second-order valence-electron chi connectivity index (χ2n) is 5.45. The Morgan fingerprint density at radius 3 is 2.45 bits per heavy atom. The van der Waals surface area contributed by atoms with Crippen molar-refractivity contribution < 1.29 is 27.5 Å². The van der Waals surface area contributed by atoms with E-state index in [0.717, 1.165) is 23.2 Å². The third kappa shape index (κ3) is 3.14. The summed E-state index contributed by atoms with van der Waals surface area (Å²) < 4.78 is 30.3. The largest absolute Gasteiger partial charge is 0.480 e. The molecule has 8 nitrogen and oxygen atoms in total. The number of carbonyl (C=O) groups is 2. The highest BCUT2D eigenvalue weighted by Gasteiger charge is 2.38. The number of carboxylic acid groups (broad SMARTS) is 1. The number of carbonyl (C=O) groups excluding carboxylic acids is 1. The van der Waals surface area contributed by atoms with Crippen molar-refractivity contribution in [1.29, 1.82) is 0 Å². The Kier molecular flexibility index (Phi) is 4.30. The number of hydrogen-bond donors (Lipinski definition) is 2. The van der Waals surface area contributed by atoms with Crippen LogP contribution in [-0.4, -0.2) is 49.8 Å². The Bertz CT molecular complexity index is 702. The van der Waals surface area contributed by atoms with Crippen molar-refractivity contribution in [3.63, 3.8) is 0 Å². The lowest BCUT2D eigenvalue weighted by molar-refractivity contribution is -0.139. The Balaban J connectivity index is 2.23. The lowest BCUT2D eigenvalue weighted by atomic mass is 10.2. The SMILES string of the molecule is Cc1oc(C(=O)NC(C(=O)O)C2CC2)cc1S(=O)(=O)N(C)C. The first-order chi connectivity index (χ1) is 10.1. The van der Waals surface area contributed by atoms with Crippen LogP contribution in [0.1, 0.15) is 29.2 Å². The molecule has 2 N–H and O–H groups in total. The molecule has 1 amide bonds. The van der Waals surface area contributed by atoms with Gasteiger partial charge in [0.15, 0.2) is 5.76 Å². The maximum atomic E-state index is 12.1. The predicted molar refractivity (Wildman–Crippen MR) is 75.9 cm³/mol. The topological polar surface area (TPSA) is 117 Å². The lowest BCUT2D eigenvalue weighted by Crippen LogP contribution is -2.42. The molecule has 1 aliphatic carbocycles. The molecule has 2 rings (SSSR count). The third-order valence-corrected chi connectivity index (χ3v) is 5.42. The van der Waals surface area contributed by atoms with Crippen LogP contribution in [-0.2, 0) is 14.8 Å². The number of carboxylic acids is 1. The summed E-state index contributed by atoms with van der Waals surface area (Å²) >= 11 is 0. The molecule has 1 saturated carbocycles. The zero-order valence-corrected chi connectivity index (χ0v) is 13.3. The Labute approximate surface area is 128 Å². The Morgan fingerprint density at radius 1 is 1.41 bits per heavy atom. The van der Waals surface area contributed by atoms with Crippen LogP contribution in [0, 0.1) is 12.8 Å². The fourth-order valence-corrected chi connectivity index (χ4v) is 3.11. The van der Waals surface area contributed by atoms with E-state index in [1.165, 1.54) is 21.0 Å². The van der Waals surface area contributed by atoms with Crippen molar-refractivity contribution in [3.05, 3.63) is 17.6 Å². The third-order valence-electron chi connectivity index (χ3n) is 3.50. The molecule has 0 saturated heterocycles. The summed E-state index contributed by atoms with van der Waals surface area (Å²) in [6.07, 6.45) is 1.49. The Hall–Kier alpha value is -1.87. The molecule has 1 heterocycles. The van der Waals surface area contributed by atoms with Crippen molar-refractivity contribution in [2.75, 3.05) is 14.1 Å². The maximum absolute atomic E-state index is 12.1. The zero-order valence-electron chi connectivity index (χ0n) is 12.5. The second kappa shape index (κ2) is 5.73. The van der Waals surface area contributed by atoms with Gasteiger partial charge in [0.1, 0.15) is 16.7 Å². The van der Waals surface area contributed by atoms with Gasteiger partial charge >= 0.3 is 5.97 Å². The molecule has 9 heteroatoms. The first kappa shape index (κ1) is 16.5. The van der Waals surface area contributed by atoms with Gasteiger partial charge in [0.25, 0.3) is 5.91 Å². The highest BCUT2D eigenvalue weighted by molar-refractivity contribution is 7.89. The fourth-order valence-electron chi connectivity index (χ4n) is 2.05. The van der Waals surface area contributed by atoms with Gasteiger partial charge < -0.3 is 14.8 Å². The van der Waals surface area contributed by atoms with E-state index < -0.39 is 27.9 Å².